The van der Waals surface area contributed by atoms with Crippen LogP contribution in [-0.4, -0.2) is 42.1 Å². The van der Waals surface area contributed by atoms with Gasteiger partial charge in [-0.05, 0) is 37.4 Å². The van der Waals surface area contributed by atoms with Crippen molar-refractivity contribution in [2.45, 2.75) is 25.4 Å². The van der Waals surface area contributed by atoms with Crippen LogP contribution < -0.4 is 15.5 Å². The summed E-state index contributed by atoms with van der Waals surface area (Å²) >= 11 is 5.87. The van der Waals surface area contributed by atoms with Crippen LogP contribution in [-0.2, 0) is 11.0 Å². The second-order valence-corrected chi connectivity index (χ2v) is 7.99. The number of hydrogen-bond acceptors (Lipinski definition) is 5. The Morgan fingerprint density at radius 2 is 2.07 bits per heavy atom. The van der Waals surface area contributed by atoms with E-state index in [1.807, 2.05) is 0 Å². The number of carbonyl (C=O) groups is 1. The molecule has 160 valence electrons. The van der Waals surface area contributed by atoms with E-state index in [1.165, 1.54) is 12.1 Å². The first-order valence-electron chi connectivity index (χ1n) is 9.77. The van der Waals surface area contributed by atoms with Crippen molar-refractivity contribution in [3.05, 3.63) is 35.0 Å². The number of carbonyl (C=O) groups excluding carboxylic acids is 1. The highest BCUT2D eigenvalue weighted by Gasteiger charge is 2.34. The third-order valence-electron chi connectivity index (χ3n) is 5.57. The predicted octanol–water partition coefficient (Wildman–Crippen LogP) is 3.73. The molecule has 2 aromatic rings. The molecular formula is C20H21ClF3N5O. The van der Waals surface area contributed by atoms with Gasteiger partial charge in [-0.15, -0.1) is 0 Å². The van der Waals surface area contributed by atoms with Crippen LogP contribution in [0, 0.1) is 5.92 Å². The molecule has 0 radical (unpaired) electrons. The van der Waals surface area contributed by atoms with Gasteiger partial charge in [0.05, 0.1) is 16.8 Å². The van der Waals surface area contributed by atoms with Crippen LogP contribution in [0.15, 0.2) is 24.4 Å². The highest BCUT2D eigenvalue weighted by molar-refractivity contribution is 6.31. The summed E-state index contributed by atoms with van der Waals surface area (Å²) in [5.41, 5.74) is 5.91. The summed E-state index contributed by atoms with van der Waals surface area (Å²) in [6.07, 6.45) is -0.812. The van der Waals surface area contributed by atoms with E-state index in [0.717, 1.165) is 25.5 Å². The number of anilines is 2. The van der Waals surface area contributed by atoms with Crippen molar-refractivity contribution in [3.8, 4) is 11.4 Å². The average Bonchev–Trinajstić information content (AvgIpc) is 3.35. The Bertz CT molecular complexity index is 968. The molecule has 1 aromatic heterocycles. The van der Waals surface area contributed by atoms with E-state index in [9.17, 15) is 18.0 Å². The van der Waals surface area contributed by atoms with Crippen molar-refractivity contribution in [2.75, 3.05) is 36.0 Å². The Labute approximate surface area is 176 Å². The zero-order valence-corrected chi connectivity index (χ0v) is 16.9. The lowest BCUT2D eigenvalue weighted by Crippen LogP contribution is -2.30. The first-order chi connectivity index (χ1) is 14.3. The fraction of sp³-hybridized carbons (Fsp3) is 0.450. The minimum atomic E-state index is -4.53. The lowest BCUT2D eigenvalue weighted by Gasteiger charge is -2.25. The van der Waals surface area contributed by atoms with Crippen LogP contribution in [0.25, 0.3) is 11.4 Å². The molecule has 0 spiro atoms. The minimum Gasteiger partial charge on any atom is -0.354 e. The van der Waals surface area contributed by atoms with Crippen molar-refractivity contribution >= 4 is 29.0 Å². The van der Waals surface area contributed by atoms with Crippen molar-refractivity contribution in [1.82, 2.24) is 9.97 Å². The van der Waals surface area contributed by atoms with Crippen molar-refractivity contribution in [2.24, 2.45) is 11.7 Å². The van der Waals surface area contributed by atoms with Gasteiger partial charge in [-0.1, -0.05) is 17.7 Å². The maximum absolute atomic E-state index is 13.0. The minimum absolute atomic E-state index is 0.0137. The number of alkyl halides is 3. The summed E-state index contributed by atoms with van der Waals surface area (Å²) in [6.45, 7) is 2.59. The van der Waals surface area contributed by atoms with Gasteiger partial charge < -0.3 is 15.5 Å². The molecule has 4 rings (SSSR count). The summed E-state index contributed by atoms with van der Waals surface area (Å²) in [7, 11) is 0. The van der Waals surface area contributed by atoms with E-state index in [-0.39, 0.29) is 11.7 Å². The standard InChI is InChI=1S/C20H21ClF3N5O/c21-15-8-13(3-4-14(15)20(22,23)24)18-26-10-16(29-6-1-2-17(29)30)19(27-18)28-7-5-12(9-25)11-28/h3-4,8,10,12H,1-2,5-7,9,11,25H2. The lowest BCUT2D eigenvalue weighted by molar-refractivity contribution is -0.137. The normalized spacial score (nSPS) is 19.8. The van der Waals surface area contributed by atoms with E-state index in [1.54, 1.807) is 11.1 Å². The molecule has 30 heavy (non-hydrogen) atoms. The molecule has 1 atom stereocenters. The zero-order valence-electron chi connectivity index (χ0n) is 16.1. The first kappa shape index (κ1) is 20.9. The fourth-order valence-electron chi connectivity index (χ4n) is 3.93. The second kappa shape index (κ2) is 8.03. The monoisotopic (exact) mass is 439 g/mol. The first-order valence-corrected chi connectivity index (χ1v) is 10.1. The van der Waals surface area contributed by atoms with Gasteiger partial charge in [0.2, 0.25) is 5.91 Å². The van der Waals surface area contributed by atoms with Gasteiger partial charge in [-0.2, -0.15) is 13.2 Å². The number of halogens is 4. The Kier molecular flexibility index (Phi) is 5.59. The highest BCUT2D eigenvalue weighted by atomic mass is 35.5. The van der Waals surface area contributed by atoms with E-state index in [2.05, 4.69) is 14.9 Å². The number of rotatable bonds is 4. The topological polar surface area (TPSA) is 75.3 Å². The Morgan fingerprint density at radius 3 is 2.67 bits per heavy atom. The molecular weight excluding hydrogens is 419 g/mol. The smallest absolute Gasteiger partial charge is 0.354 e. The predicted molar refractivity (Wildman–Crippen MR) is 108 cm³/mol. The summed E-state index contributed by atoms with van der Waals surface area (Å²) in [4.78, 5) is 25.0. The average molecular weight is 440 g/mol. The highest BCUT2D eigenvalue weighted by Crippen LogP contribution is 2.38. The SMILES string of the molecule is NCC1CCN(c2nc(-c3ccc(C(F)(F)F)c(Cl)c3)ncc2N2CCCC2=O)C1. The molecule has 2 aliphatic rings. The van der Waals surface area contributed by atoms with Gasteiger partial charge in [0.15, 0.2) is 11.6 Å². The van der Waals surface area contributed by atoms with Crippen molar-refractivity contribution < 1.29 is 18.0 Å². The number of amides is 1. The molecule has 2 N–H and O–H groups in total. The van der Waals surface area contributed by atoms with Crippen LogP contribution in [0.2, 0.25) is 5.02 Å². The van der Waals surface area contributed by atoms with Gasteiger partial charge in [0, 0.05) is 31.6 Å². The van der Waals surface area contributed by atoms with Crippen molar-refractivity contribution in [1.29, 1.82) is 0 Å². The van der Waals surface area contributed by atoms with Gasteiger partial charge in [0.25, 0.3) is 0 Å². The third-order valence-corrected chi connectivity index (χ3v) is 5.88. The summed E-state index contributed by atoms with van der Waals surface area (Å²) < 4.78 is 39.0. The molecule has 0 aliphatic carbocycles. The lowest BCUT2D eigenvalue weighted by atomic mass is 10.1. The fourth-order valence-corrected chi connectivity index (χ4v) is 4.22. The molecule has 1 unspecified atom stereocenters. The molecule has 2 fully saturated rings. The van der Waals surface area contributed by atoms with Gasteiger partial charge in [-0.3, -0.25) is 4.79 Å². The Balaban J connectivity index is 1.74. The quantitative estimate of drug-likeness (QED) is 0.785. The summed E-state index contributed by atoms with van der Waals surface area (Å²) in [5.74, 6) is 1.19. The third kappa shape index (κ3) is 3.96. The molecule has 3 heterocycles. The van der Waals surface area contributed by atoms with Crippen LogP contribution >= 0.6 is 11.6 Å². The molecule has 0 bridgehead atoms. The summed E-state index contributed by atoms with van der Waals surface area (Å²) in [5, 5.41) is -0.409. The largest absolute Gasteiger partial charge is 0.417 e. The molecule has 6 nitrogen and oxygen atoms in total. The number of aromatic nitrogens is 2. The number of benzene rings is 1. The number of nitrogens with two attached hydrogens (primary N) is 1. The maximum atomic E-state index is 13.0. The Hall–Kier alpha value is -2.39. The maximum Gasteiger partial charge on any atom is 0.417 e. The van der Waals surface area contributed by atoms with Crippen LogP contribution in [0.5, 0.6) is 0 Å². The van der Waals surface area contributed by atoms with E-state index in [0.29, 0.717) is 49.0 Å². The van der Waals surface area contributed by atoms with Gasteiger partial charge in [-0.25, -0.2) is 9.97 Å². The van der Waals surface area contributed by atoms with Crippen LogP contribution in [0.4, 0.5) is 24.7 Å². The van der Waals surface area contributed by atoms with E-state index < -0.39 is 16.8 Å². The molecule has 10 heteroatoms. The zero-order chi connectivity index (χ0) is 21.5. The number of hydrogen-bond donors (Lipinski definition) is 1. The van der Waals surface area contributed by atoms with Gasteiger partial charge in [0.1, 0.15) is 5.69 Å². The van der Waals surface area contributed by atoms with Crippen molar-refractivity contribution in [3.63, 3.8) is 0 Å². The second-order valence-electron chi connectivity index (χ2n) is 7.58. The molecule has 2 saturated heterocycles. The Morgan fingerprint density at radius 1 is 1.27 bits per heavy atom. The van der Waals surface area contributed by atoms with E-state index in [4.69, 9.17) is 17.3 Å². The molecule has 0 saturated carbocycles. The van der Waals surface area contributed by atoms with Gasteiger partial charge >= 0.3 is 6.18 Å². The van der Waals surface area contributed by atoms with Crippen LogP contribution in [0.1, 0.15) is 24.8 Å². The molecule has 1 amide bonds. The van der Waals surface area contributed by atoms with E-state index >= 15 is 0 Å². The molecule has 1 aromatic carbocycles. The number of nitrogens with zero attached hydrogens (tertiary/aromatic N) is 4. The molecule has 2 aliphatic heterocycles. The summed E-state index contributed by atoms with van der Waals surface area (Å²) in [6, 6.07) is 3.46. The van der Waals surface area contributed by atoms with Crippen LogP contribution in [0.3, 0.4) is 0 Å².